The first kappa shape index (κ1) is 11.3. The van der Waals surface area contributed by atoms with Crippen LogP contribution in [0.25, 0.3) is 0 Å². The van der Waals surface area contributed by atoms with Crippen molar-refractivity contribution in [2.75, 3.05) is 5.88 Å². The Balaban J connectivity index is 2.02. The molecule has 82 valence electrons. The smallest absolute Gasteiger partial charge is 0.0438 e. The largest absolute Gasteiger partial charge is 0.126 e. The highest BCUT2D eigenvalue weighted by Crippen LogP contribution is 2.36. The third kappa shape index (κ3) is 2.68. The minimum Gasteiger partial charge on any atom is -0.126 e. The lowest BCUT2D eigenvalue weighted by atomic mass is 9.74. The summed E-state index contributed by atoms with van der Waals surface area (Å²) in [5, 5.41) is 0.881. The molecule has 1 aliphatic rings. The van der Waals surface area contributed by atoms with Gasteiger partial charge in [0.05, 0.1) is 0 Å². The monoisotopic (exact) mass is 242 g/mol. The SMILES string of the molecule is ClCC(Cc1ccccc1Cl)C1CCC1. The molecule has 0 amide bonds. The molecule has 1 aromatic carbocycles. The standard InChI is InChI=1S/C13H16Cl2/c14-9-12(10-5-3-6-10)8-11-4-1-2-7-13(11)15/h1-2,4,7,10,12H,3,5-6,8-9H2. The number of alkyl halides is 1. The molecule has 0 bridgehead atoms. The molecule has 0 nitrogen and oxygen atoms in total. The van der Waals surface area contributed by atoms with E-state index in [9.17, 15) is 0 Å². The second kappa shape index (κ2) is 5.23. The molecule has 2 heteroatoms. The average molecular weight is 243 g/mol. The molecule has 0 saturated heterocycles. The molecule has 0 aromatic heterocycles. The number of rotatable bonds is 4. The second-order valence-electron chi connectivity index (χ2n) is 4.40. The minimum atomic E-state index is 0.611. The molecular formula is C13H16Cl2. The number of hydrogen-bond donors (Lipinski definition) is 0. The first-order chi connectivity index (χ1) is 7.31. The Kier molecular flexibility index (Phi) is 3.93. The van der Waals surface area contributed by atoms with Crippen molar-refractivity contribution in [3.8, 4) is 0 Å². The molecule has 1 unspecified atom stereocenters. The van der Waals surface area contributed by atoms with Gasteiger partial charge in [-0.05, 0) is 29.9 Å². The van der Waals surface area contributed by atoms with Crippen LogP contribution in [0.1, 0.15) is 24.8 Å². The molecule has 0 heterocycles. The first-order valence-electron chi connectivity index (χ1n) is 5.60. The Hall–Kier alpha value is -0.200. The van der Waals surface area contributed by atoms with Crippen molar-refractivity contribution < 1.29 is 0 Å². The van der Waals surface area contributed by atoms with Crippen LogP contribution < -0.4 is 0 Å². The van der Waals surface area contributed by atoms with Crippen LogP contribution in [0, 0.1) is 11.8 Å². The van der Waals surface area contributed by atoms with Crippen LogP contribution in [0.5, 0.6) is 0 Å². The van der Waals surface area contributed by atoms with Gasteiger partial charge in [-0.1, -0.05) is 49.1 Å². The van der Waals surface area contributed by atoms with Crippen LogP contribution in [0.15, 0.2) is 24.3 Å². The summed E-state index contributed by atoms with van der Waals surface area (Å²) >= 11 is 12.2. The maximum Gasteiger partial charge on any atom is 0.0438 e. The Bertz CT molecular complexity index is 318. The Morgan fingerprint density at radius 3 is 2.53 bits per heavy atom. The van der Waals surface area contributed by atoms with Crippen molar-refractivity contribution >= 4 is 23.2 Å². The predicted octanol–water partition coefficient (Wildman–Crippen LogP) is 4.54. The van der Waals surface area contributed by atoms with Crippen molar-refractivity contribution in [1.82, 2.24) is 0 Å². The predicted molar refractivity (Wildman–Crippen MR) is 66.7 cm³/mol. The van der Waals surface area contributed by atoms with Gasteiger partial charge in [-0.15, -0.1) is 11.6 Å². The van der Waals surface area contributed by atoms with Gasteiger partial charge in [0.15, 0.2) is 0 Å². The third-order valence-electron chi connectivity index (χ3n) is 3.45. The van der Waals surface area contributed by atoms with Crippen LogP contribution in [0.4, 0.5) is 0 Å². The van der Waals surface area contributed by atoms with Crippen LogP contribution in [0.2, 0.25) is 5.02 Å². The van der Waals surface area contributed by atoms with E-state index < -0.39 is 0 Å². The Morgan fingerprint density at radius 1 is 1.27 bits per heavy atom. The fourth-order valence-electron chi connectivity index (χ4n) is 2.20. The zero-order chi connectivity index (χ0) is 10.7. The normalized spacial score (nSPS) is 18.5. The highest BCUT2D eigenvalue weighted by atomic mass is 35.5. The zero-order valence-electron chi connectivity index (χ0n) is 8.76. The molecule has 0 aliphatic heterocycles. The van der Waals surface area contributed by atoms with Crippen molar-refractivity contribution in [2.45, 2.75) is 25.7 Å². The summed E-state index contributed by atoms with van der Waals surface area (Å²) in [6.45, 7) is 0. The molecule has 1 aromatic rings. The molecule has 15 heavy (non-hydrogen) atoms. The molecule has 0 N–H and O–H groups in total. The van der Waals surface area contributed by atoms with Gasteiger partial charge in [0.25, 0.3) is 0 Å². The summed E-state index contributed by atoms with van der Waals surface area (Å²) in [7, 11) is 0. The number of halogens is 2. The van der Waals surface area contributed by atoms with Gasteiger partial charge in [0, 0.05) is 10.9 Å². The highest BCUT2D eigenvalue weighted by molar-refractivity contribution is 6.31. The minimum absolute atomic E-state index is 0.611. The van der Waals surface area contributed by atoms with Crippen molar-refractivity contribution in [3.05, 3.63) is 34.9 Å². The third-order valence-corrected chi connectivity index (χ3v) is 4.22. The van der Waals surface area contributed by atoms with E-state index in [-0.39, 0.29) is 0 Å². The van der Waals surface area contributed by atoms with E-state index in [0.717, 1.165) is 23.2 Å². The quantitative estimate of drug-likeness (QED) is 0.681. The Morgan fingerprint density at radius 2 is 2.00 bits per heavy atom. The topological polar surface area (TPSA) is 0 Å². The van der Waals surface area contributed by atoms with E-state index in [0.29, 0.717) is 5.92 Å². The summed E-state index contributed by atoms with van der Waals surface area (Å²) in [6, 6.07) is 8.10. The molecule has 0 spiro atoms. The van der Waals surface area contributed by atoms with E-state index in [2.05, 4.69) is 6.07 Å². The van der Waals surface area contributed by atoms with Crippen molar-refractivity contribution in [1.29, 1.82) is 0 Å². The van der Waals surface area contributed by atoms with Crippen LogP contribution >= 0.6 is 23.2 Å². The lowest BCUT2D eigenvalue weighted by Gasteiger charge is -2.32. The summed E-state index contributed by atoms with van der Waals surface area (Å²) in [5.41, 5.74) is 1.25. The van der Waals surface area contributed by atoms with Crippen LogP contribution in [0.3, 0.4) is 0 Å². The van der Waals surface area contributed by atoms with E-state index in [4.69, 9.17) is 23.2 Å². The van der Waals surface area contributed by atoms with Gasteiger partial charge < -0.3 is 0 Å². The molecule has 2 rings (SSSR count). The van der Waals surface area contributed by atoms with Crippen LogP contribution in [-0.4, -0.2) is 5.88 Å². The van der Waals surface area contributed by atoms with Gasteiger partial charge in [-0.2, -0.15) is 0 Å². The average Bonchev–Trinajstić information content (AvgIpc) is 2.17. The summed E-state index contributed by atoms with van der Waals surface area (Å²) in [5.74, 6) is 2.20. The van der Waals surface area contributed by atoms with Gasteiger partial charge in [-0.3, -0.25) is 0 Å². The second-order valence-corrected chi connectivity index (χ2v) is 5.12. The molecule has 0 radical (unpaired) electrons. The summed E-state index contributed by atoms with van der Waals surface area (Å²) in [4.78, 5) is 0. The van der Waals surface area contributed by atoms with Crippen molar-refractivity contribution in [3.63, 3.8) is 0 Å². The summed E-state index contributed by atoms with van der Waals surface area (Å²) in [6.07, 6.45) is 5.11. The van der Waals surface area contributed by atoms with E-state index in [1.54, 1.807) is 0 Å². The number of hydrogen-bond acceptors (Lipinski definition) is 0. The fourth-order valence-corrected chi connectivity index (χ4v) is 2.78. The lowest BCUT2D eigenvalue weighted by molar-refractivity contribution is 0.222. The summed E-state index contributed by atoms with van der Waals surface area (Å²) < 4.78 is 0. The van der Waals surface area contributed by atoms with Gasteiger partial charge in [0.2, 0.25) is 0 Å². The first-order valence-corrected chi connectivity index (χ1v) is 6.52. The maximum absolute atomic E-state index is 6.15. The van der Waals surface area contributed by atoms with Crippen LogP contribution in [-0.2, 0) is 6.42 Å². The van der Waals surface area contributed by atoms with Crippen molar-refractivity contribution in [2.24, 2.45) is 11.8 Å². The molecular weight excluding hydrogens is 227 g/mol. The van der Waals surface area contributed by atoms with E-state index in [1.807, 2.05) is 18.2 Å². The van der Waals surface area contributed by atoms with Gasteiger partial charge in [0.1, 0.15) is 0 Å². The molecule has 1 saturated carbocycles. The zero-order valence-corrected chi connectivity index (χ0v) is 10.3. The lowest BCUT2D eigenvalue weighted by Crippen LogP contribution is -2.25. The molecule has 1 aliphatic carbocycles. The van der Waals surface area contributed by atoms with E-state index in [1.165, 1.54) is 24.8 Å². The van der Waals surface area contributed by atoms with Gasteiger partial charge >= 0.3 is 0 Å². The Labute approximate surface area is 102 Å². The molecule has 1 fully saturated rings. The fraction of sp³-hybridized carbons (Fsp3) is 0.538. The maximum atomic E-state index is 6.15. The molecule has 1 atom stereocenters. The van der Waals surface area contributed by atoms with Gasteiger partial charge in [-0.25, -0.2) is 0 Å². The van der Waals surface area contributed by atoms with E-state index >= 15 is 0 Å². The highest BCUT2D eigenvalue weighted by Gasteiger charge is 2.26. The number of benzene rings is 1.